The molecular weight excluding hydrogens is 274 g/mol. The summed E-state index contributed by atoms with van der Waals surface area (Å²) in [5.41, 5.74) is 0.906. The van der Waals surface area contributed by atoms with Crippen molar-refractivity contribution in [3.05, 3.63) is 30.3 Å². The maximum Gasteiger partial charge on any atom is 0.240 e. The lowest BCUT2D eigenvalue weighted by Gasteiger charge is -2.23. The Hall–Kier alpha value is -1.89. The van der Waals surface area contributed by atoms with Gasteiger partial charge in [-0.05, 0) is 36.4 Å². The number of benzene rings is 1. The number of hydrogen-bond donors (Lipinski definition) is 0. The number of para-hydroxylation sites is 1. The SMILES string of the molecule is CCN(C(=O)[C@@H](C)Sc1nnnn1C)c1ccccc1. The van der Waals surface area contributed by atoms with Crippen molar-refractivity contribution >= 4 is 23.4 Å². The maximum atomic E-state index is 12.5. The number of anilines is 1. The van der Waals surface area contributed by atoms with Crippen molar-refractivity contribution in [2.45, 2.75) is 24.3 Å². The number of rotatable bonds is 5. The summed E-state index contributed by atoms with van der Waals surface area (Å²) in [6.45, 7) is 4.46. The molecule has 0 saturated heterocycles. The van der Waals surface area contributed by atoms with Gasteiger partial charge in [-0.1, -0.05) is 30.0 Å². The molecule has 0 radical (unpaired) electrons. The molecule has 0 spiro atoms. The van der Waals surface area contributed by atoms with Crippen LogP contribution in [0.2, 0.25) is 0 Å². The van der Waals surface area contributed by atoms with Gasteiger partial charge < -0.3 is 4.90 Å². The number of aromatic nitrogens is 4. The predicted octanol–water partition coefficient (Wildman–Crippen LogP) is 1.74. The largest absolute Gasteiger partial charge is 0.312 e. The normalized spacial score (nSPS) is 12.2. The molecule has 20 heavy (non-hydrogen) atoms. The quantitative estimate of drug-likeness (QED) is 0.785. The Morgan fingerprint density at radius 1 is 1.40 bits per heavy atom. The van der Waals surface area contributed by atoms with E-state index >= 15 is 0 Å². The Balaban J connectivity index is 2.11. The van der Waals surface area contributed by atoms with Crippen LogP contribution in [-0.4, -0.2) is 37.9 Å². The minimum atomic E-state index is -0.250. The molecule has 0 bridgehead atoms. The molecule has 1 aromatic carbocycles. The zero-order valence-corrected chi connectivity index (χ0v) is 12.5. The molecule has 0 aliphatic rings. The van der Waals surface area contributed by atoms with Crippen LogP contribution in [-0.2, 0) is 11.8 Å². The summed E-state index contributed by atoms with van der Waals surface area (Å²) < 4.78 is 1.56. The minimum Gasteiger partial charge on any atom is -0.312 e. The summed E-state index contributed by atoms with van der Waals surface area (Å²) in [4.78, 5) is 14.3. The molecule has 6 nitrogen and oxygen atoms in total. The van der Waals surface area contributed by atoms with E-state index < -0.39 is 0 Å². The zero-order chi connectivity index (χ0) is 14.5. The molecule has 1 aromatic heterocycles. The van der Waals surface area contributed by atoms with Crippen LogP contribution >= 0.6 is 11.8 Å². The Morgan fingerprint density at radius 2 is 2.10 bits per heavy atom. The summed E-state index contributed by atoms with van der Waals surface area (Å²) in [7, 11) is 1.76. The van der Waals surface area contributed by atoms with Gasteiger partial charge in [-0.25, -0.2) is 4.68 Å². The third-order valence-electron chi connectivity index (χ3n) is 2.86. The van der Waals surface area contributed by atoms with E-state index in [-0.39, 0.29) is 11.2 Å². The summed E-state index contributed by atoms with van der Waals surface area (Å²) in [5.74, 6) is 0.0479. The van der Waals surface area contributed by atoms with Gasteiger partial charge in [0.25, 0.3) is 0 Å². The van der Waals surface area contributed by atoms with Crippen LogP contribution in [0, 0.1) is 0 Å². The lowest BCUT2D eigenvalue weighted by Crippen LogP contribution is -2.36. The van der Waals surface area contributed by atoms with Gasteiger partial charge in [-0.15, -0.1) is 5.10 Å². The number of carbonyl (C=O) groups is 1. The van der Waals surface area contributed by atoms with Gasteiger partial charge in [0.2, 0.25) is 11.1 Å². The molecular formula is C13H17N5OS. The van der Waals surface area contributed by atoms with Gasteiger partial charge in [-0.3, -0.25) is 4.79 Å². The second kappa shape index (κ2) is 6.51. The van der Waals surface area contributed by atoms with Crippen molar-refractivity contribution in [3.8, 4) is 0 Å². The van der Waals surface area contributed by atoms with Crippen LogP contribution in [0.15, 0.2) is 35.5 Å². The van der Waals surface area contributed by atoms with Crippen LogP contribution < -0.4 is 4.90 Å². The molecule has 2 rings (SSSR count). The molecule has 1 atom stereocenters. The lowest BCUT2D eigenvalue weighted by molar-refractivity contribution is -0.117. The van der Waals surface area contributed by atoms with Crippen LogP contribution in [0.3, 0.4) is 0 Å². The number of thioether (sulfide) groups is 1. The minimum absolute atomic E-state index is 0.0479. The fraction of sp³-hybridized carbons (Fsp3) is 0.385. The molecule has 0 fully saturated rings. The molecule has 0 saturated carbocycles. The first-order valence-electron chi connectivity index (χ1n) is 6.39. The van der Waals surface area contributed by atoms with E-state index in [9.17, 15) is 4.79 Å². The first-order chi connectivity index (χ1) is 9.63. The van der Waals surface area contributed by atoms with Crippen LogP contribution in [0.5, 0.6) is 0 Å². The van der Waals surface area contributed by atoms with E-state index in [0.717, 1.165) is 5.69 Å². The lowest BCUT2D eigenvalue weighted by atomic mass is 10.2. The van der Waals surface area contributed by atoms with Crippen molar-refractivity contribution in [1.29, 1.82) is 0 Å². The number of hydrogen-bond acceptors (Lipinski definition) is 5. The fourth-order valence-electron chi connectivity index (χ4n) is 1.82. The second-order valence-electron chi connectivity index (χ2n) is 4.26. The second-order valence-corrected chi connectivity index (χ2v) is 5.57. The highest BCUT2D eigenvalue weighted by molar-refractivity contribution is 8.00. The van der Waals surface area contributed by atoms with Crippen molar-refractivity contribution in [2.75, 3.05) is 11.4 Å². The topological polar surface area (TPSA) is 63.9 Å². The molecule has 1 heterocycles. The van der Waals surface area contributed by atoms with Crippen molar-refractivity contribution in [1.82, 2.24) is 20.2 Å². The van der Waals surface area contributed by atoms with Crippen molar-refractivity contribution in [2.24, 2.45) is 7.05 Å². The van der Waals surface area contributed by atoms with E-state index in [1.165, 1.54) is 11.8 Å². The molecule has 0 aliphatic heterocycles. The van der Waals surface area contributed by atoms with Crippen LogP contribution in [0.1, 0.15) is 13.8 Å². The third-order valence-corrected chi connectivity index (χ3v) is 3.97. The molecule has 1 amide bonds. The summed E-state index contributed by atoms with van der Waals surface area (Å²) in [6, 6.07) is 9.65. The molecule has 7 heteroatoms. The fourth-order valence-corrected chi connectivity index (χ4v) is 2.64. The molecule has 0 aliphatic carbocycles. The third kappa shape index (κ3) is 3.16. The van der Waals surface area contributed by atoms with Gasteiger partial charge in [0.1, 0.15) is 0 Å². The van der Waals surface area contributed by atoms with E-state index in [1.54, 1.807) is 16.6 Å². The van der Waals surface area contributed by atoms with Gasteiger partial charge in [0.15, 0.2) is 0 Å². The Morgan fingerprint density at radius 3 is 2.65 bits per heavy atom. The number of carbonyl (C=O) groups excluding carboxylic acids is 1. The predicted molar refractivity (Wildman–Crippen MR) is 78.6 cm³/mol. The molecule has 0 unspecified atom stereocenters. The Kier molecular flexibility index (Phi) is 4.73. The summed E-state index contributed by atoms with van der Waals surface area (Å²) in [5, 5.41) is 11.6. The smallest absolute Gasteiger partial charge is 0.240 e. The highest BCUT2D eigenvalue weighted by Gasteiger charge is 2.23. The summed E-state index contributed by atoms with van der Waals surface area (Å²) >= 11 is 1.36. The monoisotopic (exact) mass is 291 g/mol. The van der Waals surface area contributed by atoms with Gasteiger partial charge in [0, 0.05) is 19.3 Å². The standard InChI is InChI=1S/C13H17N5OS/c1-4-18(11-8-6-5-7-9-11)12(19)10(2)20-13-14-15-16-17(13)3/h5-10H,4H2,1-3H3/t10-/m1/s1. The molecule has 106 valence electrons. The first kappa shape index (κ1) is 14.5. The van der Waals surface area contributed by atoms with Crippen molar-refractivity contribution in [3.63, 3.8) is 0 Å². The van der Waals surface area contributed by atoms with Gasteiger partial charge in [0.05, 0.1) is 5.25 Å². The van der Waals surface area contributed by atoms with E-state index in [4.69, 9.17) is 0 Å². The Bertz CT molecular complexity index is 571. The van der Waals surface area contributed by atoms with E-state index in [1.807, 2.05) is 44.2 Å². The molecule has 0 N–H and O–H groups in total. The average molecular weight is 291 g/mol. The average Bonchev–Trinajstić information content (AvgIpc) is 2.86. The zero-order valence-electron chi connectivity index (χ0n) is 11.7. The van der Waals surface area contributed by atoms with Crippen LogP contribution in [0.25, 0.3) is 0 Å². The first-order valence-corrected chi connectivity index (χ1v) is 7.27. The number of amides is 1. The summed E-state index contributed by atoms with van der Waals surface area (Å²) in [6.07, 6.45) is 0. The Labute approximate surface area is 122 Å². The van der Waals surface area contributed by atoms with E-state index in [2.05, 4.69) is 15.5 Å². The van der Waals surface area contributed by atoms with E-state index in [0.29, 0.717) is 11.7 Å². The van der Waals surface area contributed by atoms with Gasteiger partial charge >= 0.3 is 0 Å². The number of aryl methyl sites for hydroxylation is 1. The van der Waals surface area contributed by atoms with Gasteiger partial charge in [-0.2, -0.15) is 0 Å². The van der Waals surface area contributed by atoms with Crippen LogP contribution in [0.4, 0.5) is 5.69 Å². The van der Waals surface area contributed by atoms with Crippen molar-refractivity contribution < 1.29 is 4.79 Å². The molecule has 2 aromatic rings. The highest BCUT2D eigenvalue weighted by atomic mass is 32.2. The highest BCUT2D eigenvalue weighted by Crippen LogP contribution is 2.23. The number of tetrazole rings is 1. The number of nitrogens with zero attached hydrogens (tertiary/aromatic N) is 5. The maximum absolute atomic E-state index is 12.5.